The van der Waals surface area contributed by atoms with E-state index >= 15 is 0 Å². The number of imidazole rings is 1. The number of nitrogens with zero attached hydrogens (tertiary/aromatic N) is 2. The predicted molar refractivity (Wildman–Crippen MR) is 79.4 cm³/mol. The molecule has 0 spiro atoms. The summed E-state index contributed by atoms with van der Waals surface area (Å²) >= 11 is 5.93. The van der Waals surface area contributed by atoms with E-state index in [0.717, 1.165) is 0 Å². The number of aromatic amines is 1. The van der Waals surface area contributed by atoms with Crippen LogP contribution in [0.25, 0.3) is 0 Å². The molecule has 6 nitrogen and oxygen atoms in total. The number of carboxylic acids is 1. The molecule has 0 saturated heterocycles. The fourth-order valence-electron chi connectivity index (χ4n) is 2.67. The van der Waals surface area contributed by atoms with E-state index in [9.17, 15) is 19.1 Å². The van der Waals surface area contributed by atoms with Crippen molar-refractivity contribution in [1.82, 2.24) is 14.9 Å². The molecule has 1 atom stereocenters. The van der Waals surface area contributed by atoms with Crippen molar-refractivity contribution in [3.8, 4) is 0 Å². The molecule has 2 aromatic rings. The fourth-order valence-corrected chi connectivity index (χ4v) is 2.90. The maximum absolute atomic E-state index is 13.8. The maximum Gasteiger partial charge on any atom is 0.326 e. The summed E-state index contributed by atoms with van der Waals surface area (Å²) in [6.07, 6.45) is 1.29. The van der Waals surface area contributed by atoms with Crippen LogP contribution in [0, 0.1) is 5.82 Å². The molecule has 1 amide bonds. The Bertz CT molecular complexity index is 757. The van der Waals surface area contributed by atoms with E-state index in [-0.39, 0.29) is 30.0 Å². The average molecular weight is 338 g/mol. The minimum absolute atomic E-state index is 0.0683. The van der Waals surface area contributed by atoms with Gasteiger partial charge in [0.15, 0.2) is 0 Å². The summed E-state index contributed by atoms with van der Waals surface area (Å²) in [4.78, 5) is 32.1. The summed E-state index contributed by atoms with van der Waals surface area (Å²) in [7, 11) is 0. The number of H-pyrrole nitrogens is 1. The van der Waals surface area contributed by atoms with Crippen molar-refractivity contribution in [3.05, 3.63) is 52.3 Å². The van der Waals surface area contributed by atoms with Gasteiger partial charge in [-0.2, -0.15) is 0 Å². The predicted octanol–water partition coefficient (Wildman–Crippen LogP) is 1.78. The van der Waals surface area contributed by atoms with Crippen LogP contribution in [-0.4, -0.2) is 37.9 Å². The van der Waals surface area contributed by atoms with Crippen LogP contribution in [-0.2, 0) is 29.0 Å². The SMILES string of the molecule is O=C(O)[C@@H]1Cc2nc[nH]c2CN1C(=O)Cc1c(F)cccc1Cl. The monoisotopic (exact) mass is 337 g/mol. The standard InChI is InChI=1S/C15H13ClFN3O3/c16-9-2-1-3-10(17)8(9)4-14(21)20-6-12-11(18-7-19-12)5-13(20)15(22)23/h1-3,7,13H,4-6H2,(H,18,19)(H,22,23)/t13-/m0/s1. The third kappa shape index (κ3) is 2.92. The molecule has 0 aliphatic carbocycles. The Hall–Kier alpha value is -2.41. The van der Waals surface area contributed by atoms with Crippen molar-refractivity contribution in [1.29, 1.82) is 0 Å². The number of carbonyl (C=O) groups excluding carboxylic acids is 1. The molecule has 3 rings (SSSR count). The minimum Gasteiger partial charge on any atom is -0.480 e. The first-order valence-electron chi connectivity index (χ1n) is 6.93. The van der Waals surface area contributed by atoms with E-state index in [1.54, 1.807) is 0 Å². The lowest BCUT2D eigenvalue weighted by atomic mass is 10.0. The summed E-state index contributed by atoms with van der Waals surface area (Å²) < 4.78 is 13.8. The van der Waals surface area contributed by atoms with Crippen molar-refractivity contribution >= 4 is 23.5 Å². The number of nitrogens with one attached hydrogen (secondary N) is 1. The lowest BCUT2D eigenvalue weighted by Gasteiger charge is -2.32. The van der Waals surface area contributed by atoms with Crippen LogP contribution >= 0.6 is 11.6 Å². The summed E-state index contributed by atoms with van der Waals surface area (Å²) in [6, 6.07) is 3.13. The Balaban J connectivity index is 1.87. The number of aromatic nitrogens is 2. The Morgan fingerprint density at radius 1 is 1.48 bits per heavy atom. The van der Waals surface area contributed by atoms with Crippen LogP contribution in [0.3, 0.4) is 0 Å². The van der Waals surface area contributed by atoms with E-state index in [1.807, 2.05) is 0 Å². The first-order chi connectivity index (χ1) is 11.0. The molecule has 0 bridgehead atoms. The number of aliphatic carboxylic acids is 1. The van der Waals surface area contributed by atoms with Crippen LogP contribution in [0.1, 0.15) is 17.0 Å². The van der Waals surface area contributed by atoms with Crippen molar-refractivity contribution in [2.45, 2.75) is 25.4 Å². The quantitative estimate of drug-likeness (QED) is 0.894. The number of carbonyl (C=O) groups is 2. The highest BCUT2D eigenvalue weighted by molar-refractivity contribution is 6.31. The van der Waals surface area contributed by atoms with Gasteiger partial charge in [-0.15, -0.1) is 0 Å². The van der Waals surface area contributed by atoms with Crippen LogP contribution < -0.4 is 0 Å². The molecule has 2 heterocycles. The molecule has 1 aromatic heterocycles. The van der Waals surface area contributed by atoms with Gasteiger partial charge < -0.3 is 15.0 Å². The molecule has 1 aromatic carbocycles. The van der Waals surface area contributed by atoms with E-state index in [4.69, 9.17) is 11.6 Å². The summed E-state index contributed by atoms with van der Waals surface area (Å²) in [5.41, 5.74) is 1.39. The van der Waals surface area contributed by atoms with Crippen molar-refractivity contribution in [2.24, 2.45) is 0 Å². The number of halogens is 2. The van der Waals surface area contributed by atoms with Gasteiger partial charge in [-0.3, -0.25) is 4.79 Å². The number of fused-ring (bicyclic) bond motifs is 1. The molecule has 1 aliphatic rings. The van der Waals surface area contributed by atoms with Crippen LogP contribution in [0.4, 0.5) is 4.39 Å². The summed E-state index contributed by atoms with van der Waals surface area (Å²) in [5, 5.41) is 9.51. The molecular weight excluding hydrogens is 325 g/mol. The molecule has 8 heteroatoms. The Morgan fingerprint density at radius 3 is 2.96 bits per heavy atom. The second-order valence-corrected chi connectivity index (χ2v) is 5.69. The van der Waals surface area contributed by atoms with Crippen LogP contribution in [0.5, 0.6) is 0 Å². The lowest BCUT2D eigenvalue weighted by Crippen LogP contribution is -2.49. The normalized spacial score (nSPS) is 17.0. The number of benzene rings is 1. The van der Waals surface area contributed by atoms with Crippen molar-refractivity contribution < 1.29 is 19.1 Å². The molecule has 0 radical (unpaired) electrons. The van der Waals surface area contributed by atoms with Crippen LogP contribution in [0.2, 0.25) is 5.02 Å². The molecule has 23 heavy (non-hydrogen) atoms. The van der Waals surface area contributed by atoms with Gasteiger partial charge in [-0.25, -0.2) is 14.2 Å². The van der Waals surface area contributed by atoms with Gasteiger partial charge in [-0.1, -0.05) is 17.7 Å². The van der Waals surface area contributed by atoms with Crippen molar-refractivity contribution in [3.63, 3.8) is 0 Å². The zero-order chi connectivity index (χ0) is 16.6. The minimum atomic E-state index is -1.12. The highest BCUT2D eigenvalue weighted by Gasteiger charge is 2.36. The van der Waals surface area contributed by atoms with E-state index in [1.165, 1.54) is 29.4 Å². The van der Waals surface area contributed by atoms with E-state index in [0.29, 0.717) is 11.4 Å². The topological polar surface area (TPSA) is 86.3 Å². The van der Waals surface area contributed by atoms with Gasteiger partial charge in [0.25, 0.3) is 0 Å². The molecule has 0 unspecified atom stereocenters. The molecule has 1 aliphatic heterocycles. The first-order valence-corrected chi connectivity index (χ1v) is 7.31. The third-order valence-electron chi connectivity index (χ3n) is 3.89. The zero-order valence-electron chi connectivity index (χ0n) is 11.9. The third-order valence-corrected chi connectivity index (χ3v) is 4.25. The largest absolute Gasteiger partial charge is 0.480 e. The smallest absolute Gasteiger partial charge is 0.326 e. The number of carboxylic acid groups (broad SMARTS) is 1. The Labute approximate surface area is 135 Å². The van der Waals surface area contributed by atoms with Crippen molar-refractivity contribution in [2.75, 3.05) is 0 Å². The second-order valence-electron chi connectivity index (χ2n) is 5.28. The summed E-state index contributed by atoms with van der Waals surface area (Å²) in [5.74, 6) is -2.20. The van der Waals surface area contributed by atoms with Crippen LogP contribution in [0.15, 0.2) is 24.5 Å². The van der Waals surface area contributed by atoms with Gasteiger partial charge in [0, 0.05) is 17.0 Å². The van der Waals surface area contributed by atoms with Gasteiger partial charge in [-0.05, 0) is 12.1 Å². The molecule has 120 valence electrons. The van der Waals surface area contributed by atoms with E-state index < -0.39 is 23.7 Å². The number of hydrogen-bond donors (Lipinski definition) is 2. The van der Waals surface area contributed by atoms with E-state index in [2.05, 4.69) is 9.97 Å². The van der Waals surface area contributed by atoms with Gasteiger partial charge in [0.2, 0.25) is 5.91 Å². The molecule has 0 fully saturated rings. The Morgan fingerprint density at radius 2 is 2.26 bits per heavy atom. The molecular formula is C15H13ClFN3O3. The Kier molecular flexibility index (Phi) is 4.04. The van der Waals surface area contributed by atoms with Gasteiger partial charge >= 0.3 is 5.97 Å². The summed E-state index contributed by atoms with van der Waals surface area (Å²) in [6.45, 7) is 0.0944. The first kappa shape index (κ1) is 15.5. The molecule has 2 N–H and O–H groups in total. The van der Waals surface area contributed by atoms with Gasteiger partial charge in [0.1, 0.15) is 11.9 Å². The zero-order valence-corrected chi connectivity index (χ0v) is 12.7. The van der Waals surface area contributed by atoms with Gasteiger partial charge in [0.05, 0.1) is 30.7 Å². The maximum atomic E-state index is 13.8. The number of hydrogen-bond acceptors (Lipinski definition) is 3. The fraction of sp³-hybridized carbons (Fsp3) is 0.267. The highest BCUT2D eigenvalue weighted by atomic mass is 35.5. The highest BCUT2D eigenvalue weighted by Crippen LogP contribution is 2.24. The second kappa shape index (κ2) is 6.00. The average Bonchev–Trinajstić information content (AvgIpc) is 2.97. The lowest BCUT2D eigenvalue weighted by molar-refractivity contribution is -0.151. The number of rotatable bonds is 3. The molecule has 0 saturated carbocycles. The number of amides is 1.